The summed E-state index contributed by atoms with van der Waals surface area (Å²) >= 11 is 0. The first-order valence-electron chi connectivity index (χ1n) is 11.9. The van der Waals surface area contributed by atoms with Crippen molar-refractivity contribution in [3.8, 4) is 0 Å². The van der Waals surface area contributed by atoms with E-state index in [2.05, 4.69) is 10.2 Å². The maximum atomic E-state index is 14.0. The molecule has 0 atom stereocenters. The number of Topliss-reactive ketones (excluding diaryl/α,β-unsaturated/α-hetero) is 1. The van der Waals surface area contributed by atoms with E-state index >= 15 is 0 Å². The highest BCUT2D eigenvalue weighted by Gasteiger charge is 2.50. The summed E-state index contributed by atoms with van der Waals surface area (Å²) in [5.41, 5.74) is 2.29. The molecule has 2 aromatic carbocycles. The molecule has 0 saturated carbocycles. The van der Waals surface area contributed by atoms with Crippen LogP contribution in [0.15, 0.2) is 48.5 Å². The largest absolute Gasteiger partial charge is 0.444 e. The number of piperidine rings is 1. The van der Waals surface area contributed by atoms with E-state index in [4.69, 9.17) is 4.74 Å². The predicted octanol–water partition coefficient (Wildman–Crippen LogP) is 2.82. The van der Waals surface area contributed by atoms with Crippen molar-refractivity contribution in [2.45, 2.75) is 31.9 Å². The van der Waals surface area contributed by atoms with E-state index in [1.165, 1.54) is 0 Å². The molecule has 0 aromatic heterocycles. The molecule has 8 nitrogen and oxygen atoms in total. The van der Waals surface area contributed by atoms with Gasteiger partial charge in [-0.15, -0.1) is 0 Å². The van der Waals surface area contributed by atoms with Gasteiger partial charge in [-0.25, -0.2) is 4.79 Å². The van der Waals surface area contributed by atoms with Gasteiger partial charge < -0.3 is 19.9 Å². The third-order valence-electron chi connectivity index (χ3n) is 7.27. The average molecular weight is 463 g/mol. The van der Waals surface area contributed by atoms with Crippen LogP contribution in [0.5, 0.6) is 0 Å². The van der Waals surface area contributed by atoms with Crippen molar-refractivity contribution in [1.82, 2.24) is 10.2 Å². The van der Waals surface area contributed by atoms with E-state index in [0.29, 0.717) is 44.6 Å². The molecule has 34 heavy (non-hydrogen) atoms. The van der Waals surface area contributed by atoms with Crippen LogP contribution in [0, 0.1) is 0 Å². The Balaban J connectivity index is 1.43. The molecule has 3 aliphatic heterocycles. The minimum Gasteiger partial charge on any atom is -0.444 e. The van der Waals surface area contributed by atoms with Gasteiger partial charge in [0, 0.05) is 49.9 Å². The maximum Gasteiger partial charge on any atom is 0.415 e. The molecule has 2 fully saturated rings. The van der Waals surface area contributed by atoms with Gasteiger partial charge in [-0.1, -0.05) is 18.2 Å². The normalized spacial score (nSPS) is 19.9. The second-order valence-corrected chi connectivity index (χ2v) is 9.17. The summed E-state index contributed by atoms with van der Waals surface area (Å²) in [7, 11) is 0. The highest BCUT2D eigenvalue weighted by molar-refractivity contribution is 6.10. The first-order valence-corrected chi connectivity index (χ1v) is 11.9. The van der Waals surface area contributed by atoms with E-state index in [9.17, 15) is 14.4 Å². The Bertz CT molecular complexity index is 1090. The number of piperazine rings is 1. The van der Waals surface area contributed by atoms with Crippen LogP contribution < -0.4 is 15.1 Å². The van der Waals surface area contributed by atoms with Gasteiger partial charge in [0.05, 0.1) is 5.69 Å². The smallest absolute Gasteiger partial charge is 0.415 e. The number of rotatable bonds is 4. The molecule has 2 saturated heterocycles. The molecular weight excluding hydrogens is 432 g/mol. The average Bonchev–Trinajstić information content (AvgIpc) is 2.88. The molecule has 0 bridgehead atoms. The Morgan fingerprint density at radius 3 is 2.29 bits per heavy atom. The quantitative estimate of drug-likeness (QED) is 0.704. The van der Waals surface area contributed by atoms with Gasteiger partial charge in [-0.2, -0.15) is 0 Å². The van der Waals surface area contributed by atoms with E-state index in [1.54, 1.807) is 11.8 Å². The SMILES string of the molecule is CC(=O)N1CCN(c2ccc(C(=O)C3(N4C(=O)OCc5ccccc54)CCNCC3)cc2)CC1. The molecule has 0 radical (unpaired) electrons. The van der Waals surface area contributed by atoms with Gasteiger partial charge in [0.15, 0.2) is 5.78 Å². The first kappa shape index (κ1) is 22.4. The number of para-hydroxylation sites is 1. The number of benzene rings is 2. The summed E-state index contributed by atoms with van der Waals surface area (Å²) in [6.07, 6.45) is 0.572. The first-order chi connectivity index (χ1) is 16.5. The summed E-state index contributed by atoms with van der Waals surface area (Å²) in [6.45, 7) is 6.04. The fraction of sp³-hybridized carbons (Fsp3) is 0.423. The van der Waals surface area contributed by atoms with Crippen molar-refractivity contribution < 1.29 is 19.1 Å². The summed E-state index contributed by atoms with van der Waals surface area (Å²) in [6, 6.07) is 15.3. The van der Waals surface area contributed by atoms with Crippen molar-refractivity contribution in [3.05, 3.63) is 59.7 Å². The lowest BCUT2D eigenvalue weighted by molar-refractivity contribution is -0.129. The Labute approximate surface area is 199 Å². The van der Waals surface area contributed by atoms with E-state index in [-0.39, 0.29) is 18.3 Å². The van der Waals surface area contributed by atoms with Crippen molar-refractivity contribution in [2.75, 3.05) is 49.1 Å². The van der Waals surface area contributed by atoms with Crippen LogP contribution in [-0.4, -0.2) is 67.5 Å². The van der Waals surface area contributed by atoms with Crippen LogP contribution in [0.1, 0.15) is 35.7 Å². The second-order valence-electron chi connectivity index (χ2n) is 9.17. The van der Waals surface area contributed by atoms with Gasteiger partial charge in [0.25, 0.3) is 0 Å². The molecule has 0 aliphatic carbocycles. The Morgan fingerprint density at radius 1 is 0.941 bits per heavy atom. The number of ketones is 1. The minimum atomic E-state index is -0.993. The zero-order chi connectivity index (χ0) is 23.7. The predicted molar refractivity (Wildman–Crippen MR) is 129 cm³/mol. The van der Waals surface area contributed by atoms with Crippen molar-refractivity contribution >= 4 is 29.2 Å². The Hall–Kier alpha value is -3.39. The highest BCUT2D eigenvalue weighted by atomic mass is 16.6. The Morgan fingerprint density at radius 2 is 1.62 bits per heavy atom. The van der Waals surface area contributed by atoms with E-state index in [1.807, 2.05) is 53.4 Å². The number of hydrogen-bond acceptors (Lipinski definition) is 6. The third kappa shape index (κ3) is 3.92. The van der Waals surface area contributed by atoms with Gasteiger partial charge in [-0.3, -0.25) is 14.5 Å². The van der Waals surface area contributed by atoms with Crippen molar-refractivity contribution in [2.24, 2.45) is 0 Å². The molecule has 0 spiro atoms. The topological polar surface area (TPSA) is 82.2 Å². The fourth-order valence-corrected chi connectivity index (χ4v) is 5.32. The van der Waals surface area contributed by atoms with Gasteiger partial charge in [-0.05, 0) is 56.3 Å². The second kappa shape index (κ2) is 9.10. The molecule has 8 heteroatoms. The molecular formula is C26H30N4O4. The van der Waals surface area contributed by atoms with Crippen LogP contribution >= 0.6 is 0 Å². The molecule has 0 unspecified atom stereocenters. The number of ether oxygens (including phenoxy) is 1. The van der Waals surface area contributed by atoms with Crippen LogP contribution in [-0.2, 0) is 16.1 Å². The number of anilines is 2. The number of hydrogen-bond donors (Lipinski definition) is 1. The standard InChI is InChI=1S/C26H30N4O4/c1-19(31)28-14-16-29(17-15-28)22-8-6-20(7-9-22)24(32)26(10-12-27-13-11-26)30-23-5-3-2-4-21(23)18-34-25(30)33/h2-9,27H,10-18H2,1H3. The number of amides is 2. The van der Waals surface area contributed by atoms with Crippen molar-refractivity contribution in [3.63, 3.8) is 0 Å². The summed E-state index contributed by atoms with van der Waals surface area (Å²) in [5, 5.41) is 3.32. The van der Waals surface area contributed by atoms with E-state index in [0.717, 1.165) is 30.0 Å². The van der Waals surface area contributed by atoms with Crippen LogP contribution in [0.3, 0.4) is 0 Å². The molecule has 5 rings (SSSR count). The van der Waals surface area contributed by atoms with Gasteiger partial charge >= 0.3 is 6.09 Å². The monoisotopic (exact) mass is 462 g/mol. The summed E-state index contributed by atoms with van der Waals surface area (Å²) in [4.78, 5) is 44.4. The number of fused-ring (bicyclic) bond motifs is 1. The lowest BCUT2D eigenvalue weighted by atomic mass is 9.79. The summed E-state index contributed by atoms with van der Waals surface area (Å²) < 4.78 is 5.48. The molecule has 1 N–H and O–H groups in total. The zero-order valence-corrected chi connectivity index (χ0v) is 19.5. The number of carbonyl (C=O) groups excluding carboxylic acids is 3. The number of carbonyl (C=O) groups is 3. The molecule has 178 valence electrons. The Kier molecular flexibility index (Phi) is 6.00. The van der Waals surface area contributed by atoms with Gasteiger partial charge in [0.1, 0.15) is 12.1 Å². The number of nitrogens with zero attached hydrogens (tertiary/aromatic N) is 3. The number of nitrogens with one attached hydrogen (secondary N) is 1. The van der Waals surface area contributed by atoms with E-state index < -0.39 is 11.6 Å². The van der Waals surface area contributed by atoms with Crippen LogP contribution in [0.25, 0.3) is 0 Å². The highest BCUT2D eigenvalue weighted by Crippen LogP contribution is 2.39. The number of cyclic esters (lactones) is 1. The van der Waals surface area contributed by atoms with Crippen LogP contribution in [0.4, 0.5) is 16.2 Å². The third-order valence-corrected chi connectivity index (χ3v) is 7.27. The lowest BCUT2D eigenvalue weighted by Crippen LogP contribution is -2.63. The maximum absolute atomic E-state index is 14.0. The van der Waals surface area contributed by atoms with Gasteiger partial charge in [0.2, 0.25) is 5.91 Å². The van der Waals surface area contributed by atoms with Crippen molar-refractivity contribution in [1.29, 1.82) is 0 Å². The molecule has 2 aromatic rings. The fourth-order valence-electron chi connectivity index (χ4n) is 5.32. The molecule has 3 aliphatic rings. The summed E-state index contributed by atoms with van der Waals surface area (Å²) in [5.74, 6) is 0.0429. The molecule has 3 heterocycles. The molecule has 2 amide bonds. The lowest BCUT2D eigenvalue weighted by Gasteiger charge is -2.46. The minimum absolute atomic E-state index is 0.0596. The zero-order valence-electron chi connectivity index (χ0n) is 19.5. The van der Waals surface area contributed by atoms with Crippen LogP contribution in [0.2, 0.25) is 0 Å².